The Morgan fingerprint density at radius 3 is 2.38 bits per heavy atom. The van der Waals surface area contributed by atoms with E-state index in [2.05, 4.69) is 5.92 Å². The summed E-state index contributed by atoms with van der Waals surface area (Å²) in [4.78, 5) is 13.0. The van der Waals surface area contributed by atoms with Crippen molar-refractivity contribution in [1.82, 2.24) is 4.90 Å². The molecule has 0 fully saturated rings. The Hall–Kier alpha value is -1.17. The molecule has 3 heteroatoms. The Labute approximate surface area is 80.1 Å². The maximum absolute atomic E-state index is 11.4. The monoisotopic (exact) mass is 183 g/mol. The van der Waals surface area contributed by atoms with Gasteiger partial charge in [0.05, 0.1) is 0 Å². The summed E-state index contributed by atoms with van der Waals surface area (Å²) in [7, 11) is 0. The van der Waals surface area contributed by atoms with E-state index in [0.717, 1.165) is 0 Å². The molecule has 0 rings (SSSR count). The number of hydrogen-bond acceptors (Lipinski definition) is 2. The minimum absolute atomic E-state index is 0.0331. The number of amides is 1. The van der Waals surface area contributed by atoms with E-state index in [1.165, 1.54) is 0 Å². The number of hydrogen-bond donors (Lipinski definition) is 0. The van der Waals surface area contributed by atoms with Crippen molar-refractivity contribution in [1.29, 1.82) is 0 Å². The van der Waals surface area contributed by atoms with Gasteiger partial charge in [-0.25, -0.2) is 4.79 Å². The zero-order valence-corrected chi connectivity index (χ0v) is 8.76. The van der Waals surface area contributed by atoms with E-state index in [0.29, 0.717) is 6.54 Å². The van der Waals surface area contributed by atoms with Gasteiger partial charge in [-0.15, -0.1) is 6.42 Å². The first kappa shape index (κ1) is 11.8. The smallest absolute Gasteiger partial charge is 0.411 e. The molecule has 0 aliphatic rings. The first-order valence-electron chi connectivity index (χ1n) is 4.31. The summed E-state index contributed by atoms with van der Waals surface area (Å²) in [6.07, 6.45) is 4.63. The van der Waals surface area contributed by atoms with Crippen LogP contribution in [-0.2, 0) is 4.74 Å². The Balaban J connectivity index is 4.26. The van der Waals surface area contributed by atoms with Crippen molar-refractivity contribution in [3.05, 3.63) is 0 Å². The quantitative estimate of drug-likeness (QED) is 0.612. The number of nitrogens with zero attached hydrogens (tertiary/aromatic N) is 1. The van der Waals surface area contributed by atoms with Gasteiger partial charge in [0.2, 0.25) is 0 Å². The second-order valence-electron chi connectivity index (χ2n) is 3.67. The van der Waals surface area contributed by atoms with Crippen LogP contribution in [0.25, 0.3) is 0 Å². The molecule has 0 aromatic heterocycles. The predicted octanol–water partition coefficient (Wildman–Crippen LogP) is 1.88. The molecular weight excluding hydrogens is 166 g/mol. The van der Waals surface area contributed by atoms with Gasteiger partial charge < -0.3 is 9.64 Å². The van der Waals surface area contributed by atoms with E-state index < -0.39 is 0 Å². The summed E-state index contributed by atoms with van der Waals surface area (Å²) < 4.78 is 4.82. The molecule has 74 valence electrons. The standard InChI is InChI=1S/C10H17NO2/c1-6-8-13-9(12)11(7-2)10(3,4)5/h1H,7-8H2,2-5H3. The van der Waals surface area contributed by atoms with Crippen LogP contribution >= 0.6 is 0 Å². The van der Waals surface area contributed by atoms with Crippen molar-refractivity contribution in [2.45, 2.75) is 33.2 Å². The molecule has 1 amide bonds. The van der Waals surface area contributed by atoms with E-state index in [-0.39, 0.29) is 18.2 Å². The number of terminal acetylenes is 1. The average molecular weight is 183 g/mol. The van der Waals surface area contributed by atoms with E-state index in [1.54, 1.807) is 4.90 Å². The molecule has 3 nitrogen and oxygen atoms in total. The minimum Gasteiger partial charge on any atom is -0.436 e. The third-order valence-corrected chi connectivity index (χ3v) is 1.63. The van der Waals surface area contributed by atoms with Gasteiger partial charge in [0.25, 0.3) is 0 Å². The summed E-state index contributed by atoms with van der Waals surface area (Å²) in [5, 5.41) is 0. The predicted molar refractivity (Wildman–Crippen MR) is 52.3 cm³/mol. The zero-order valence-electron chi connectivity index (χ0n) is 8.76. The van der Waals surface area contributed by atoms with Crippen LogP contribution in [0.2, 0.25) is 0 Å². The maximum Gasteiger partial charge on any atom is 0.411 e. The lowest BCUT2D eigenvalue weighted by Crippen LogP contribution is -2.45. The van der Waals surface area contributed by atoms with Crippen LogP contribution in [0.3, 0.4) is 0 Å². The fourth-order valence-corrected chi connectivity index (χ4v) is 1.06. The normalized spacial score (nSPS) is 10.4. The molecule has 0 aliphatic heterocycles. The molecule has 0 saturated carbocycles. The zero-order chi connectivity index (χ0) is 10.5. The molecule has 0 aromatic rings. The maximum atomic E-state index is 11.4. The van der Waals surface area contributed by atoms with Crippen LogP contribution < -0.4 is 0 Å². The van der Waals surface area contributed by atoms with E-state index in [9.17, 15) is 4.79 Å². The molecule has 0 atom stereocenters. The summed E-state index contributed by atoms with van der Waals surface area (Å²) >= 11 is 0. The molecule has 0 bridgehead atoms. The molecule has 0 N–H and O–H groups in total. The SMILES string of the molecule is C#CCOC(=O)N(CC)C(C)(C)C. The van der Waals surface area contributed by atoms with Crippen molar-refractivity contribution in [2.75, 3.05) is 13.2 Å². The van der Waals surface area contributed by atoms with Crippen molar-refractivity contribution < 1.29 is 9.53 Å². The van der Waals surface area contributed by atoms with Crippen LogP contribution in [0.4, 0.5) is 4.79 Å². The third-order valence-electron chi connectivity index (χ3n) is 1.63. The van der Waals surface area contributed by atoms with Gasteiger partial charge >= 0.3 is 6.09 Å². The van der Waals surface area contributed by atoms with Crippen molar-refractivity contribution >= 4 is 6.09 Å². The summed E-state index contributed by atoms with van der Waals surface area (Å²) in [5.74, 6) is 2.26. The van der Waals surface area contributed by atoms with E-state index in [4.69, 9.17) is 11.2 Å². The minimum atomic E-state index is -0.354. The molecular formula is C10H17NO2. The van der Waals surface area contributed by atoms with Crippen LogP contribution in [0.15, 0.2) is 0 Å². The number of ether oxygens (including phenoxy) is 1. The van der Waals surface area contributed by atoms with Crippen LogP contribution in [0.1, 0.15) is 27.7 Å². The van der Waals surface area contributed by atoms with Gasteiger partial charge in [-0.1, -0.05) is 5.92 Å². The third kappa shape index (κ3) is 3.84. The van der Waals surface area contributed by atoms with Crippen LogP contribution in [-0.4, -0.2) is 29.7 Å². The van der Waals surface area contributed by atoms with Gasteiger partial charge in [-0.3, -0.25) is 0 Å². The van der Waals surface area contributed by atoms with Crippen molar-refractivity contribution in [3.63, 3.8) is 0 Å². The van der Waals surface area contributed by atoms with Gasteiger partial charge in [-0.2, -0.15) is 0 Å². The van der Waals surface area contributed by atoms with Gasteiger partial charge in [0, 0.05) is 12.1 Å². The molecule has 13 heavy (non-hydrogen) atoms. The highest BCUT2D eigenvalue weighted by atomic mass is 16.6. The van der Waals surface area contributed by atoms with Gasteiger partial charge in [0.15, 0.2) is 6.61 Å². The molecule has 0 aliphatic carbocycles. The summed E-state index contributed by atoms with van der Waals surface area (Å²) in [6, 6.07) is 0. The Morgan fingerprint density at radius 2 is 2.08 bits per heavy atom. The average Bonchev–Trinajstić information content (AvgIpc) is 1.99. The van der Waals surface area contributed by atoms with Crippen LogP contribution in [0, 0.1) is 12.3 Å². The highest BCUT2D eigenvalue weighted by molar-refractivity contribution is 5.68. The van der Waals surface area contributed by atoms with Crippen molar-refractivity contribution in [2.24, 2.45) is 0 Å². The first-order chi connectivity index (χ1) is 5.93. The number of carbonyl (C=O) groups excluding carboxylic acids is 1. The molecule has 0 aromatic carbocycles. The Kier molecular flexibility index (Phi) is 4.33. The molecule has 0 radical (unpaired) electrons. The second kappa shape index (κ2) is 4.76. The lowest BCUT2D eigenvalue weighted by atomic mass is 10.1. The highest BCUT2D eigenvalue weighted by Crippen LogP contribution is 2.13. The first-order valence-corrected chi connectivity index (χ1v) is 4.31. The van der Waals surface area contributed by atoms with E-state index in [1.807, 2.05) is 27.7 Å². The fourth-order valence-electron chi connectivity index (χ4n) is 1.06. The molecule has 0 heterocycles. The molecule has 0 spiro atoms. The highest BCUT2D eigenvalue weighted by Gasteiger charge is 2.25. The topological polar surface area (TPSA) is 29.5 Å². The number of carbonyl (C=O) groups is 1. The van der Waals surface area contributed by atoms with Gasteiger partial charge in [0.1, 0.15) is 0 Å². The second-order valence-corrected chi connectivity index (χ2v) is 3.67. The van der Waals surface area contributed by atoms with Gasteiger partial charge in [-0.05, 0) is 27.7 Å². The number of rotatable bonds is 2. The summed E-state index contributed by atoms with van der Waals surface area (Å²) in [5.41, 5.74) is -0.222. The van der Waals surface area contributed by atoms with E-state index >= 15 is 0 Å². The Bertz CT molecular complexity index is 210. The molecule has 0 saturated heterocycles. The molecule has 0 unspecified atom stereocenters. The van der Waals surface area contributed by atoms with Crippen molar-refractivity contribution in [3.8, 4) is 12.3 Å². The van der Waals surface area contributed by atoms with Crippen LogP contribution in [0.5, 0.6) is 0 Å². The largest absolute Gasteiger partial charge is 0.436 e. The lowest BCUT2D eigenvalue weighted by Gasteiger charge is -2.33. The lowest BCUT2D eigenvalue weighted by molar-refractivity contribution is 0.0795. The summed E-state index contributed by atoms with van der Waals surface area (Å²) in [6.45, 7) is 8.41. The Morgan fingerprint density at radius 1 is 1.54 bits per heavy atom. The fraction of sp³-hybridized carbons (Fsp3) is 0.700.